The molecular weight excluding hydrogens is 249 g/mol. The third kappa shape index (κ3) is 3.26. The second-order valence-electron chi connectivity index (χ2n) is 4.98. The average molecular weight is 271 g/mol. The van der Waals surface area contributed by atoms with Crippen LogP contribution in [-0.2, 0) is 0 Å². The van der Waals surface area contributed by atoms with Crippen molar-refractivity contribution in [3.05, 3.63) is 71.5 Å². The summed E-state index contributed by atoms with van der Waals surface area (Å²) >= 11 is 0. The van der Waals surface area contributed by atoms with Crippen molar-refractivity contribution in [2.45, 2.75) is 32.2 Å². The molecule has 0 spiro atoms. The highest BCUT2D eigenvalue weighted by atomic mass is 19.1. The minimum absolute atomic E-state index is 0.00796. The molecule has 1 N–H and O–H groups in total. The molecule has 0 aliphatic carbocycles. The van der Waals surface area contributed by atoms with Gasteiger partial charge in [-0.05, 0) is 24.6 Å². The van der Waals surface area contributed by atoms with Crippen molar-refractivity contribution < 1.29 is 4.39 Å². The molecule has 2 aromatic rings. The molecule has 106 valence electrons. The molecule has 2 unspecified atom stereocenters. The highest BCUT2D eigenvalue weighted by molar-refractivity contribution is 5.29. The van der Waals surface area contributed by atoms with Gasteiger partial charge >= 0.3 is 0 Å². The second kappa shape index (κ2) is 7.20. The summed E-state index contributed by atoms with van der Waals surface area (Å²) in [6.07, 6.45) is 0.968. The molecule has 2 atom stereocenters. The molecule has 0 saturated carbocycles. The molecule has 0 radical (unpaired) electrons. The molecule has 0 heterocycles. The zero-order valence-electron chi connectivity index (χ0n) is 12.1. The minimum Gasteiger partial charge on any atom is -0.310 e. The van der Waals surface area contributed by atoms with Crippen molar-refractivity contribution in [2.24, 2.45) is 0 Å². The van der Waals surface area contributed by atoms with Crippen LogP contribution >= 0.6 is 0 Å². The first-order valence-electron chi connectivity index (χ1n) is 7.30. The fourth-order valence-corrected chi connectivity index (χ4v) is 2.78. The van der Waals surface area contributed by atoms with Crippen LogP contribution in [-0.4, -0.2) is 6.54 Å². The van der Waals surface area contributed by atoms with Gasteiger partial charge in [-0.3, -0.25) is 0 Å². The quantitative estimate of drug-likeness (QED) is 0.805. The summed E-state index contributed by atoms with van der Waals surface area (Å²) in [4.78, 5) is 0. The summed E-state index contributed by atoms with van der Waals surface area (Å²) in [6.45, 7) is 5.04. The van der Waals surface area contributed by atoms with Gasteiger partial charge in [-0.25, -0.2) is 4.39 Å². The molecule has 20 heavy (non-hydrogen) atoms. The fraction of sp³-hybridized carbons (Fsp3) is 0.333. The summed E-state index contributed by atoms with van der Waals surface area (Å²) in [5.74, 6) is 0.140. The van der Waals surface area contributed by atoms with Gasteiger partial charge in [0, 0.05) is 17.5 Å². The van der Waals surface area contributed by atoms with Crippen molar-refractivity contribution in [2.75, 3.05) is 6.54 Å². The van der Waals surface area contributed by atoms with Gasteiger partial charge in [0.15, 0.2) is 0 Å². The minimum atomic E-state index is -0.132. The Hall–Kier alpha value is -1.67. The highest BCUT2D eigenvalue weighted by Gasteiger charge is 2.24. The largest absolute Gasteiger partial charge is 0.310 e. The van der Waals surface area contributed by atoms with Crippen molar-refractivity contribution in [1.82, 2.24) is 5.32 Å². The van der Waals surface area contributed by atoms with Crippen LogP contribution in [0.4, 0.5) is 4.39 Å². The highest BCUT2D eigenvalue weighted by Crippen LogP contribution is 2.34. The Morgan fingerprint density at radius 2 is 1.60 bits per heavy atom. The Morgan fingerprint density at radius 1 is 0.950 bits per heavy atom. The van der Waals surface area contributed by atoms with E-state index in [1.54, 1.807) is 6.07 Å². The van der Waals surface area contributed by atoms with Crippen molar-refractivity contribution in [3.8, 4) is 0 Å². The van der Waals surface area contributed by atoms with Gasteiger partial charge in [-0.1, -0.05) is 62.4 Å². The summed E-state index contributed by atoms with van der Waals surface area (Å²) in [5, 5.41) is 3.45. The van der Waals surface area contributed by atoms with Crippen LogP contribution in [0.1, 0.15) is 43.4 Å². The summed E-state index contributed by atoms with van der Waals surface area (Å²) in [5.41, 5.74) is 2.01. The number of halogens is 1. The monoisotopic (exact) mass is 271 g/mol. The molecule has 1 nitrogen and oxygen atoms in total. The first kappa shape index (κ1) is 14.7. The Balaban J connectivity index is 2.39. The number of nitrogens with one attached hydrogen (secondary N) is 1. The molecule has 0 saturated heterocycles. The Labute approximate surface area is 120 Å². The first-order valence-corrected chi connectivity index (χ1v) is 7.30. The first-order chi connectivity index (χ1) is 9.77. The van der Waals surface area contributed by atoms with E-state index < -0.39 is 0 Å². The summed E-state index contributed by atoms with van der Waals surface area (Å²) in [7, 11) is 0. The zero-order valence-corrected chi connectivity index (χ0v) is 12.1. The molecular formula is C18H22FN. The normalized spacial score (nSPS) is 13.9. The SMILES string of the molecule is CCNC(c1ccccc1F)C(CC)c1ccccc1. The smallest absolute Gasteiger partial charge is 0.128 e. The van der Waals surface area contributed by atoms with E-state index in [0.29, 0.717) is 0 Å². The molecule has 0 fully saturated rings. The van der Waals surface area contributed by atoms with Gasteiger partial charge < -0.3 is 5.32 Å². The Bertz CT molecular complexity index is 524. The van der Waals surface area contributed by atoms with E-state index in [9.17, 15) is 4.39 Å². The third-order valence-corrected chi connectivity index (χ3v) is 3.73. The predicted octanol–water partition coefficient (Wildman–Crippen LogP) is 4.67. The van der Waals surface area contributed by atoms with Crippen LogP contribution in [0.25, 0.3) is 0 Å². The van der Waals surface area contributed by atoms with E-state index in [1.807, 2.05) is 30.3 Å². The van der Waals surface area contributed by atoms with Gasteiger partial charge in [0.25, 0.3) is 0 Å². The molecule has 2 heteroatoms. The molecule has 0 aromatic heterocycles. The lowest BCUT2D eigenvalue weighted by Crippen LogP contribution is -2.27. The van der Waals surface area contributed by atoms with E-state index in [0.717, 1.165) is 18.5 Å². The van der Waals surface area contributed by atoms with Gasteiger partial charge in [0.1, 0.15) is 5.82 Å². The average Bonchev–Trinajstić information content (AvgIpc) is 2.49. The number of hydrogen-bond donors (Lipinski definition) is 1. The second-order valence-corrected chi connectivity index (χ2v) is 4.98. The Kier molecular flexibility index (Phi) is 5.31. The standard InChI is InChI=1S/C18H22FN/c1-3-15(14-10-6-5-7-11-14)18(20-4-2)16-12-8-9-13-17(16)19/h5-13,15,18,20H,3-4H2,1-2H3. The van der Waals surface area contributed by atoms with Crippen LogP contribution < -0.4 is 5.32 Å². The van der Waals surface area contributed by atoms with Crippen LogP contribution in [0, 0.1) is 5.82 Å². The topological polar surface area (TPSA) is 12.0 Å². The lowest BCUT2D eigenvalue weighted by atomic mass is 9.85. The summed E-state index contributed by atoms with van der Waals surface area (Å²) < 4.78 is 14.1. The van der Waals surface area contributed by atoms with E-state index in [-0.39, 0.29) is 17.8 Å². The van der Waals surface area contributed by atoms with Crippen LogP contribution in [0.3, 0.4) is 0 Å². The molecule has 2 aromatic carbocycles. The van der Waals surface area contributed by atoms with E-state index in [1.165, 1.54) is 11.6 Å². The van der Waals surface area contributed by atoms with Crippen molar-refractivity contribution in [1.29, 1.82) is 0 Å². The molecule has 0 aliphatic rings. The van der Waals surface area contributed by atoms with Gasteiger partial charge in [0.2, 0.25) is 0 Å². The fourth-order valence-electron chi connectivity index (χ4n) is 2.78. The van der Waals surface area contributed by atoms with Crippen LogP contribution in [0.2, 0.25) is 0 Å². The van der Waals surface area contributed by atoms with E-state index >= 15 is 0 Å². The maximum Gasteiger partial charge on any atom is 0.128 e. The van der Waals surface area contributed by atoms with E-state index in [4.69, 9.17) is 0 Å². The van der Waals surface area contributed by atoms with E-state index in [2.05, 4.69) is 31.3 Å². The number of benzene rings is 2. The van der Waals surface area contributed by atoms with Gasteiger partial charge in [-0.15, -0.1) is 0 Å². The van der Waals surface area contributed by atoms with Gasteiger partial charge in [0.05, 0.1) is 0 Å². The molecule has 0 amide bonds. The van der Waals surface area contributed by atoms with Gasteiger partial charge in [-0.2, -0.15) is 0 Å². The number of likely N-dealkylation sites (N-methyl/N-ethyl adjacent to an activating group) is 1. The van der Waals surface area contributed by atoms with Crippen LogP contribution in [0.5, 0.6) is 0 Å². The predicted molar refractivity (Wildman–Crippen MR) is 82.3 cm³/mol. The summed E-state index contributed by atoms with van der Waals surface area (Å²) in [6, 6.07) is 17.4. The van der Waals surface area contributed by atoms with Crippen molar-refractivity contribution in [3.63, 3.8) is 0 Å². The van der Waals surface area contributed by atoms with Crippen LogP contribution in [0.15, 0.2) is 54.6 Å². The lowest BCUT2D eigenvalue weighted by Gasteiger charge is -2.28. The number of hydrogen-bond acceptors (Lipinski definition) is 1. The molecule has 0 bridgehead atoms. The maximum atomic E-state index is 14.1. The molecule has 0 aliphatic heterocycles. The lowest BCUT2D eigenvalue weighted by molar-refractivity contribution is 0.428. The van der Waals surface area contributed by atoms with Crippen molar-refractivity contribution >= 4 is 0 Å². The third-order valence-electron chi connectivity index (χ3n) is 3.73. The maximum absolute atomic E-state index is 14.1. The number of rotatable bonds is 6. The molecule has 2 rings (SSSR count). The Morgan fingerprint density at radius 3 is 2.20 bits per heavy atom. The zero-order chi connectivity index (χ0) is 14.4.